The minimum atomic E-state index is 0.478. The van der Waals surface area contributed by atoms with E-state index < -0.39 is 0 Å². The number of nitrogens with one attached hydrogen (secondary N) is 1. The fraction of sp³-hybridized carbons (Fsp3) is 0.375. The van der Waals surface area contributed by atoms with E-state index in [2.05, 4.69) is 46.4 Å². The van der Waals surface area contributed by atoms with Gasteiger partial charge in [0, 0.05) is 12.6 Å². The average Bonchev–Trinajstić information content (AvgIpc) is 3.15. The lowest BCUT2D eigenvalue weighted by atomic mass is 10.0. The van der Waals surface area contributed by atoms with E-state index in [1.54, 1.807) is 18.4 Å². The topological polar surface area (TPSA) is 21.3 Å². The third kappa shape index (κ3) is 3.17. The first-order valence-electron chi connectivity index (χ1n) is 6.75. The lowest BCUT2D eigenvalue weighted by Crippen LogP contribution is -2.22. The highest BCUT2D eigenvalue weighted by atomic mass is 32.1. The van der Waals surface area contributed by atoms with Crippen LogP contribution in [0.1, 0.15) is 30.0 Å². The van der Waals surface area contributed by atoms with Gasteiger partial charge < -0.3 is 10.1 Å². The molecule has 1 atom stereocenters. The Labute approximate surface area is 118 Å². The van der Waals surface area contributed by atoms with E-state index >= 15 is 0 Å². The number of hydrogen-bond donors (Lipinski definition) is 1. The molecule has 2 nitrogen and oxygen atoms in total. The summed E-state index contributed by atoms with van der Waals surface area (Å²) in [6.45, 7) is 0.955. The third-order valence-electron chi connectivity index (χ3n) is 3.67. The van der Waals surface area contributed by atoms with Crippen molar-refractivity contribution in [3.8, 4) is 5.75 Å². The minimum Gasteiger partial charge on any atom is -0.497 e. The average molecular weight is 273 g/mol. The highest BCUT2D eigenvalue weighted by Gasteiger charge is 2.31. The van der Waals surface area contributed by atoms with Crippen molar-refractivity contribution in [1.29, 1.82) is 0 Å². The van der Waals surface area contributed by atoms with Crippen molar-refractivity contribution >= 4 is 11.3 Å². The summed E-state index contributed by atoms with van der Waals surface area (Å²) in [6, 6.07) is 11.1. The van der Waals surface area contributed by atoms with Crippen molar-refractivity contribution in [2.75, 3.05) is 7.11 Å². The number of rotatable bonds is 6. The molecule has 1 aromatic carbocycles. The number of benzene rings is 1. The quantitative estimate of drug-likeness (QED) is 0.859. The predicted octanol–water partition coefficient (Wildman–Crippen LogP) is 4.00. The summed E-state index contributed by atoms with van der Waals surface area (Å²) in [7, 11) is 1.71. The van der Waals surface area contributed by atoms with Gasteiger partial charge in [-0.2, -0.15) is 11.3 Å². The molecule has 3 rings (SSSR count). The van der Waals surface area contributed by atoms with Crippen LogP contribution in [0.3, 0.4) is 0 Å². The third-order valence-corrected chi connectivity index (χ3v) is 4.41. The van der Waals surface area contributed by atoms with Gasteiger partial charge in [0.15, 0.2) is 0 Å². The second-order valence-electron chi connectivity index (χ2n) is 5.10. The zero-order valence-corrected chi connectivity index (χ0v) is 12.0. The predicted molar refractivity (Wildman–Crippen MR) is 79.6 cm³/mol. The van der Waals surface area contributed by atoms with E-state index in [1.165, 1.54) is 24.0 Å². The van der Waals surface area contributed by atoms with E-state index in [-0.39, 0.29) is 0 Å². The highest BCUT2D eigenvalue weighted by Crippen LogP contribution is 2.41. The van der Waals surface area contributed by atoms with Crippen LogP contribution in [0.2, 0.25) is 0 Å². The van der Waals surface area contributed by atoms with E-state index in [0.29, 0.717) is 6.04 Å². The highest BCUT2D eigenvalue weighted by molar-refractivity contribution is 7.07. The molecule has 2 aromatic rings. The molecule has 1 saturated carbocycles. The van der Waals surface area contributed by atoms with Crippen molar-refractivity contribution in [3.63, 3.8) is 0 Å². The van der Waals surface area contributed by atoms with Gasteiger partial charge >= 0.3 is 0 Å². The number of ether oxygens (including phenoxy) is 1. The molecule has 1 aromatic heterocycles. The van der Waals surface area contributed by atoms with Crippen LogP contribution >= 0.6 is 11.3 Å². The number of methoxy groups -OCH3 is 1. The molecule has 1 aliphatic carbocycles. The smallest absolute Gasteiger partial charge is 0.118 e. The number of thiophene rings is 1. The first-order valence-corrected chi connectivity index (χ1v) is 7.69. The van der Waals surface area contributed by atoms with Crippen LogP contribution < -0.4 is 10.1 Å². The van der Waals surface area contributed by atoms with Gasteiger partial charge in [-0.25, -0.2) is 0 Å². The second kappa shape index (κ2) is 5.76. The molecular formula is C16H19NOS. The van der Waals surface area contributed by atoms with Crippen molar-refractivity contribution in [2.45, 2.75) is 25.4 Å². The first kappa shape index (κ1) is 12.7. The van der Waals surface area contributed by atoms with Gasteiger partial charge in [-0.1, -0.05) is 12.1 Å². The van der Waals surface area contributed by atoms with E-state index in [4.69, 9.17) is 4.74 Å². The molecule has 19 heavy (non-hydrogen) atoms. The molecule has 3 heteroatoms. The van der Waals surface area contributed by atoms with Crippen LogP contribution in [-0.4, -0.2) is 7.11 Å². The molecule has 0 saturated heterocycles. The largest absolute Gasteiger partial charge is 0.497 e. The Morgan fingerprint density at radius 1 is 1.26 bits per heavy atom. The number of hydrogen-bond acceptors (Lipinski definition) is 3. The molecule has 1 aliphatic rings. The molecule has 1 unspecified atom stereocenters. The van der Waals surface area contributed by atoms with Crippen molar-refractivity contribution in [2.24, 2.45) is 5.92 Å². The van der Waals surface area contributed by atoms with Crippen molar-refractivity contribution < 1.29 is 4.74 Å². The van der Waals surface area contributed by atoms with Gasteiger partial charge in [0.2, 0.25) is 0 Å². The van der Waals surface area contributed by atoms with Gasteiger partial charge in [0.1, 0.15) is 5.75 Å². The van der Waals surface area contributed by atoms with Crippen LogP contribution in [0.5, 0.6) is 5.75 Å². The molecule has 0 amide bonds. The van der Waals surface area contributed by atoms with E-state index in [0.717, 1.165) is 18.2 Å². The lowest BCUT2D eigenvalue weighted by Gasteiger charge is -2.19. The maximum atomic E-state index is 5.22. The monoisotopic (exact) mass is 273 g/mol. The first-order chi connectivity index (χ1) is 9.36. The van der Waals surface area contributed by atoms with Crippen LogP contribution in [0, 0.1) is 5.92 Å². The maximum absolute atomic E-state index is 5.22. The second-order valence-corrected chi connectivity index (χ2v) is 5.88. The Morgan fingerprint density at radius 2 is 2.05 bits per heavy atom. The van der Waals surface area contributed by atoms with Gasteiger partial charge in [0.25, 0.3) is 0 Å². The fourth-order valence-corrected chi connectivity index (χ4v) is 3.09. The SMILES string of the molecule is COc1ccc(C(NCc2ccsc2)C2CC2)cc1. The summed E-state index contributed by atoms with van der Waals surface area (Å²) in [5.74, 6) is 1.73. The summed E-state index contributed by atoms with van der Waals surface area (Å²) < 4.78 is 5.22. The standard InChI is InChI=1S/C16H19NOS/c1-18-15-6-4-14(5-7-15)16(13-2-3-13)17-10-12-8-9-19-11-12/h4-9,11,13,16-17H,2-3,10H2,1H3. The molecule has 1 N–H and O–H groups in total. The Hall–Kier alpha value is -1.32. The summed E-state index contributed by atoms with van der Waals surface area (Å²) >= 11 is 1.76. The molecular weight excluding hydrogens is 254 g/mol. The van der Waals surface area contributed by atoms with Crippen molar-refractivity contribution in [3.05, 3.63) is 52.2 Å². The minimum absolute atomic E-state index is 0.478. The molecule has 100 valence electrons. The Balaban J connectivity index is 1.69. The molecule has 0 spiro atoms. The Morgan fingerprint density at radius 3 is 2.63 bits per heavy atom. The summed E-state index contributed by atoms with van der Waals surface area (Å²) in [6.07, 6.45) is 2.68. The molecule has 1 heterocycles. The van der Waals surface area contributed by atoms with E-state index in [9.17, 15) is 0 Å². The summed E-state index contributed by atoms with van der Waals surface area (Å²) in [5, 5.41) is 8.05. The van der Waals surface area contributed by atoms with Crippen molar-refractivity contribution in [1.82, 2.24) is 5.32 Å². The van der Waals surface area contributed by atoms with Gasteiger partial charge in [0.05, 0.1) is 7.11 Å². The fourth-order valence-electron chi connectivity index (χ4n) is 2.42. The molecule has 0 bridgehead atoms. The lowest BCUT2D eigenvalue weighted by molar-refractivity contribution is 0.413. The van der Waals surface area contributed by atoms with Gasteiger partial charge in [-0.3, -0.25) is 0 Å². The molecule has 1 fully saturated rings. The zero-order valence-electron chi connectivity index (χ0n) is 11.1. The molecule has 0 aliphatic heterocycles. The van der Waals surface area contributed by atoms with Gasteiger partial charge in [-0.05, 0) is 58.8 Å². The maximum Gasteiger partial charge on any atom is 0.118 e. The normalized spacial score (nSPS) is 16.3. The van der Waals surface area contributed by atoms with Crippen LogP contribution in [-0.2, 0) is 6.54 Å². The summed E-state index contributed by atoms with van der Waals surface area (Å²) in [5.41, 5.74) is 2.75. The zero-order chi connectivity index (χ0) is 13.1. The van der Waals surface area contributed by atoms with Crippen LogP contribution in [0.15, 0.2) is 41.1 Å². The molecule has 0 radical (unpaired) electrons. The van der Waals surface area contributed by atoms with Gasteiger partial charge in [-0.15, -0.1) is 0 Å². The Bertz CT molecular complexity index is 502. The van der Waals surface area contributed by atoms with Crippen LogP contribution in [0.25, 0.3) is 0 Å². The van der Waals surface area contributed by atoms with E-state index in [1.807, 2.05) is 0 Å². The van der Waals surface area contributed by atoms with Crippen LogP contribution in [0.4, 0.5) is 0 Å². The summed E-state index contributed by atoms with van der Waals surface area (Å²) in [4.78, 5) is 0. The Kier molecular flexibility index (Phi) is 3.85.